The van der Waals surface area contributed by atoms with Gasteiger partial charge in [-0.3, -0.25) is 4.40 Å². The number of para-hydroxylation sites is 2. The molecule has 3 aromatic heterocycles. The molecule has 0 bridgehead atoms. The maximum Gasteiger partial charge on any atom is 0.371 e. The Hall–Kier alpha value is -2.74. The number of aromatic nitrogens is 4. The molecule has 0 radical (unpaired) electrons. The van der Waals surface area contributed by atoms with Crippen LogP contribution in [0.2, 0.25) is 0 Å². The van der Waals surface area contributed by atoms with Crippen LogP contribution in [0.25, 0.3) is 16.8 Å². The van der Waals surface area contributed by atoms with Crippen molar-refractivity contribution < 1.29 is 14.3 Å². The van der Waals surface area contributed by atoms with Gasteiger partial charge in [-0.1, -0.05) is 23.9 Å². The number of hydrogen-bond donors (Lipinski definition) is 2. The molecule has 0 fully saturated rings. The molecule has 4 rings (SSSR count). The van der Waals surface area contributed by atoms with Gasteiger partial charge in [0.15, 0.2) is 5.16 Å². The zero-order valence-electron chi connectivity index (χ0n) is 11.2. The Bertz CT molecular complexity index is 984. The molecule has 3 heterocycles. The molecule has 0 unspecified atom stereocenters. The first kappa shape index (κ1) is 13.0. The number of aromatic carboxylic acids is 1. The SMILES string of the molecule is O=C(O)c1ccc(CSc2n[nH]c3nc4ccccc4n23)o1. The third-order valence-corrected chi connectivity index (χ3v) is 4.18. The first-order valence-corrected chi connectivity index (χ1v) is 7.47. The Labute approximate surface area is 128 Å². The Balaban J connectivity index is 1.65. The topological polar surface area (TPSA) is 96.4 Å². The standard InChI is InChI=1S/C14H10N4O3S/c19-12(20)11-6-5-8(21-11)7-22-14-17-16-13-15-9-3-1-2-4-10(9)18(13)14/h1-6H,7H2,(H,15,16)(H,19,20). The maximum absolute atomic E-state index is 10.8. The lowest BCUT2D eigenvalue weighted by atomic mass is 10.3. The van der Waals surface area contributed by atoms with E-state index in [2.05, 4.69) is 15.2 Å². The minimum atomic E-state index is -1.07. The molecule has 0 spiro atoms. The second-order valence-electron chi connectivity index (χ2n) is 4.63. The number of aromatic amines is 1. The number of nitrogens with one attached hydrogen (secondary N) is 1. The largest absolute Gasteiger partial charge is 0.475 e. The number of furan rings is 1. The van der Waals surface area contributed by atoms with Gasteiger partial charge in [0.1, 0.15) is 5.76 Å². The fraction of sp³-hybridized carbons (Fsp3) is 0.0714. The number of carboxylic acid groups (broad SMARTS) is 1. The van der Waals surface area contributed by atoms with Crippen LogP contribution in [0.1, 0.15) is 16.3 Å². The van der Waals surface area contributed by atoms with Crippen molar-refractivity contribution in [2.24, 2.45) is 0 Å². The second-order valence-corrected chi connectivity index (χ2v) is 5.57. The van der Waals surface area contributed by atoms with Crippen molar-refractivity contribution in [3.8, 4) is 0 Å². The number of carboxylic acids is 1. The summed E-state index contributed by atoms with van der Waals surface area (Å²) in [6.07, 6.45) is 0. The van der Waals surface area contributed by atoms with Crippen molar-refractivity contribution in [3.63, 3.8) is 0 Å². The fourth-order valence-corrected chi connectivity index (χ4v) is 3.10. The van der Waals surface area contributed by atoms with Crippen molar-refractivity contribution in [3.05, 3.63) is 47.9 Å². The van der Waals surface area contributed by atoms with Crippen LogP contribution >= 0.6 is 11.8 Å². The van der Waals surface area contributed by atoms with Gasteiger partial charge in [-0.05, 0) is 24.3 Å². The summed E-state index contributed by atoms with van der Waals surface area (Å²) < 4.78 is 7.17. The smallest absolute Gasteiger partial charge is 0.371 e. The zero-order valence-corrected chi connectivity index (χ0v) is 12.0. The van der Waals surface area contributed by atoms with Crippen LogP contribution in [-0.4, -0.2) is 30.7 Å². The van der Waals surface area contributed by atoms with Crippen LogP contribution in [-0.2, 0) is 5.75 Å². The molecule has 1 aromatic carbocycles. The van der Waals surface area contributed by atoms with Crippen LogP contribution in [0.5, 0.6) is 0 Å². The van der Waals surface area contributed by atoms with E-state index in [1.165, 1.54) is 17.8 Å². The van der Waals surface area contributed by atoms with Gasteiger partial charge in [-0.15, -0.1) is 5.10 Å². The Morgan fingerprint density at radius 1 is 1.32 bits per heavy atom. The average molecular weight is 314 g/mol. The fourth-order valence-electron chi connectivity index (χ4n) is 2.25. The third-order valence-electron chi connectivity index (χ3n) is 3.22. The molecule has 0 aliphatic heterocycles. The highest BCUT2D eigenvalue weighted by molar-refractivity contribution is 7.98. The molecule has 0 saturated heterocycles. The molecule has 0 aliphatic rings. The van der Waals surface area contributed by atoms with Gasteiger partial charge in [0.25, 0.3) is 0 Å². The molecule has 0 amide bonds. The van der Waals surface area contributed by atoms with E-state index >= 15 is 0 Å². The van der Waals surface area contributed by atoms with E-state index in [-0.39, 0.29) is 5.76 Å². The monoisotopic (exact) mass is 314 g/mol. The van der Waals surface area contributed by atoms with E-state index < -0.39 is 5.97 Å². The van der Waals surface area contributed by atoms with Crippen molar-refractivity contribution >= 4 is 34.5 Å². The van der Waals surface area contributed by atoms with E-state index in [1.54, 1.807) is 6.07 Å². The third kappa shape index (κ3) is 2.04. The van der Waals surface area contributed by atoms with Crippen LogP contribution in [0.4, 0.5) is 0 Å². The van der Waals surface area contributed by atoms with Crippen LogP contribution in [0.15, 0.2) is 46.0 Å². The number of fused-ring (bicyclic) bond motifs is 3. The summed E-state index contributed by atoms with van der Waals surface area (Å²) in [7, 11) is 0. The minimum Gasteiger partial charge on any atom is -0.475 e. The van der Waals surface area contributed by atoms with Crippen LogP contribution in [0, 0.1) is 0 Å². The van der Waals surface area contributed by atoms with Crippen LogP contribution in [0.3, 0.4) is 0 Å². The molecule has 4 aromatic rings. The molecule has 8 heteroatoms. The summed E-state index contributed by atoms with van der Waals surface area (Å²) in [5, 5.41) is 16.7. The van der Waals surface area contributed by atoms with E-state index in [0.717, 1.165) is 16.2 Å². The maximum atomic E-state index is 10.8. The highest BCUT2D eigenvalue weighted by Gasteiger charge is 2.14. The summed E-state index contributed by atoms with van der Waals surface area (Å²) in [6, 6.07) is 10.9. The molecule has 0 atom stereocenters. The molecule has 0 saturated carbocycles. The van der Waals surface area contributed by atoms with Gasteiger partial charge >= 0.3 is 5.97 Å². The molecule has 22 heavy (non-hydrogen) atoms. The predicted octanol–water partition coefficient (Wildman–Crippen LogP) is 2.79. The summed E-state index contributed by atoms with van der Waals surface area (Å²) in [5.41, 5.74) is 1.86. The van der Waals surface area contributed by atoms with Crippen molar-refractivity contribution in [2.75, 3.05) is 0 Å². The summed E-state index contributed by atoms with van der Waals surface area (Å²) in [5.74, 6) is 0.618. The number of H-pyrrole nitrogens is 1. The number of imidazole rings is 1. The Kier molecular flexibility index (Phi) is 2.90. The van der Waals surface area contributed by atoms with E-state index in [9.17, 15) is 4.79 Å². The minimum absolute atomic E-state index is 0.0594. The predicted molar refractivity (Wildman–Crippen MR) is 80.1 cm³/mol. The van der Waals surface area contributed by atoms with Gasteiger partial charge in [-0.25, -0.2) is 14.9 Å². The highest BCUT2D eigenvalue weighted by atomic mass is 32.2. The normalized spacial score (nSPS) is 11.5. The van der Waals surface area contributed by atoms with Crippen molar-refractivity contribution in [1.29, 1.82) is 0 Å². The summed E-state index contributed by atoms with van der Waals surface area (Å²) >= 11 is 1.45. The number of benzene rings is 1. The number of rotatable bonds is 4. The number of carbonyl (C=O) groups is 1. The number of thioether (sulfide) groups is 1. The number of nitrogens with zero attached hydrogens (tertiary/aromatic N) is 3. The molecular formula is C14H10N4O3S. The average Bonchev–Trinajstić information content (AvgIpc) is 3.20. The van der Waals surface area contributed by atoms with Gasteiger partial charge in [-0.2, -0.15) is 0 Å². The molecule has 110 valence electrons. The highest BCUT2D eigenvalue weighted by Crippen LogP contribution is 2.26. The zero-order chi connectivity index (χ0) is 15.1. The first-order valence-electron chi connectivity index (χ1n) is 6.49. The molecule has 2 N–H and O–H groups in total. The molecule has 7 nitrogen and oxygen atoms in total. The lowest BCUT2D eigenvalue weighted by Gasteiger charge is -1.97. The van der Waals surface area contributed by atoms with E-state index in [4.69, 9.17) is 9.52 Å². The summed E-state index contributed by atoms with van der Waals surface area (Å²) in [6.45, 7) is 0. The Morgan fingerprint density at radius 2 is 2.18 bits per heavy atom. The molecular weight excluding hydrogens is 304 g/mol. The second kappa shape index (κ2) is 4.92. The quantitative estimate of drug-likeness (QED) is 0.562. The first-order chi connectivity index (χ1) is 10.7. The summed E-state index contributed by atoms with van der Waals surface area (Å²) in [4.78, 5) is 15.3. The van der Waals surface area contributed by atoms with Gasteiger partial charge < -0.3 is 9.52 Å². The molecule has 0 aliphatic carbocycles. The van der Waals surface area contributed by atoms with Crippen LogP contribution < -0.4 is 0 Å². The van der Waals surface area contributed by atoms with Crippen molar-refractivity contribution in [1.82, 2.24) is 19.6 Å². The van der Waals surface area contributed by atoms with Gasteiger partial charge in [0, 0.05) is 0 Å². The van der Waals surface area contributed by atoms with Gasteiger partial charge in [0.2, 0.25) is 11.5 Å². The lowest BCUT2D eigenvalue weighted by molar-refractivity contribution is 0.0661. The van der Waals surface area contributed by atoms with Crippen molar-refractivity contribution in [2.45, 2.75) is 10.9 Å². The van der Waals surface area contributed by atoms with E-state index in [1.807, 2.05) is 28.7 Å². The number of hydrogen-bond acceptors (Lipinski definition) is 5. The Morgan fingerprint density at radius 3 is 3.00 bits per heavy atom. The lowest BCUT2D eigenvalue weighted by Crippen LogP contribution is -1.91. The van der Waals surface area contributed by atoms with Gasteiger partial charge in [0.05, 0.1) is 16.8 Å². The van der Waals surface area contributed by atoms with E-state index in [0.29, 0.717) is 17.3 Å².